The summed E-state index contributed by atoms with van der Waals surface area (Å²) in [4.78, 5) is 0. The molecule has 0 aliphatic heterocycles. The van der Waals surface area contributed by atoms with Crippen molar-refractivity contribution in [1.29, 1.82) is 0 Å². The first-order chi connectivity index (χ1) is 10.4. The number of ether oxygens (including phenoxy) is 1. The molecular weight excluding hydrogens is 258 g/mol. The van der Waals surface area contributed by atoms with E-state index in [0.29, 0.717) is 12.0 Å². The molecule has 118 valence electrons. The van der Waals surface area contributed by atoms with E-state index in [1.54, 1.807) is 0 Å². The Kier molecular flexibility index (Phi) is 7.25. The van der Waals surface area contributed by atoms with E-state index in [2.05, 4.69) is 43.4 Å². The molecule has 2 unspecified atom stereocenters. The molecule has 21 heavy (non-hydrogen) atoms. The van der Waals surface area contributed by atoms with E-state index in [9.17, 15) is 0 Å². The SMILES string of the molecule is CCCCOCCC1CCCc2ccccc2C1NCC. The lowest BCUT2D eigenvalue weighted by atomic mass is 9.88. The molecule has 1 aromatic carbocycles. The first-order valence-corrected chi connectivity index (χ1v) is 8.75. The molecule has 0 saturated heterocycles. The Morgan fingerprint density at radius 1 is 1.19 bits per heavy atom. The monoisotopic (exact) mass is 289 g/mol. The zero-order chi connectivity index (χ0) is 14.9. The maximum atomic E-state index is 5.80. The fourth-order valence-electron chi connectivity index (χ4n) is 3.43. The standard InChI is InChI=1S/C19H31NO/c1-3-5-14-21-15-13-17-11-8-10-16-9-6-7-12-18(16)19(17)20-4-2/h6-7,9,12,17,19-20H,3-5,8,10-11,13-15H2,1-2H3. The third-order valence-electron chi connectivity index (χ3n) is 4.58. The topological polar surface area (TPSA) is 21.3 Å². The molecule has 0 saturated carbocycles. The van der Waals surface area contributed by atoms with Gasteiger partial charge in [0.05, 0.1) is 0 Å². The summed E-state index contributed by atoms with van der Waals surface area (Å²) in [5.41, 5.74) is 3.06. The highest BCUT2D eigenvalue weighted by Crippen LogP contribution is 2.35. The Hall–Kier alpha value is -0.860. The van der Waals surface area contributed by atoms with Crippen molar-refractivity contribution >= 4 is 0 Å². The first-order valence-electron chi connectivity index (χ1n) is 8.75. The van der Waals surface area contributed by atoms with Gasteiger partial charge in [-0.25, -0.2) is 0 Å². The number of hydrogen-bond acceptors (Lipinski definition) is 2. The highest BCUT2D eigenvalue weighted by atomic mass is 16.5. The molecule has 1 N–H and O–H groups in total. The Bertz CT molecular complexity index is 404. The smallest absolute Gasteiger partial charge is 0.0469 e. The van der Waals surface area contributed by atoms with Gasteiger partial charge in [0.1, 0.15) is 0 Å². The van der Waals surface area contributed by atoms with Crippen LogP contribution < -0.4 is 5.32 Å². The number of hydrogen-bond donors (Lipinski definition) is 1. The summed E-state index contributed by atoms with van der Waals surface area (Å²) >= 11 is 0. The number of aryl methyl sites for hydroxylation is 1. The highest BCUT2D eigenvalue weighted by molar-refractivity contribution is 5.31. The third-order valence-corrected chi connectivity index (χ3v) is 4.58. The Morgan fingerprint density at radius 2 is 2.05 bits per heavy atom. The molecule has 1 aliphatic rings. The molecule has 2 nitrogen and oxygen atoms in total. The Labute approximate surface area is 130 Å². The van der Waals surface area contributed by atoms with Crippen LogP contribution in [-0.2, 0) is 11.2 Å². The molecule has 2 rings (SSSR count). The van der Waals surface area contributed by atoms with Gasteiger partial charge in [-0.3, -0.25) is 0 Å². The molecule has 0 radical (unpaired) electrons. The summed E-state index contributed by atoms with van der Waals surface area (Å²) in [5, 5.41) is 3.73. The fourth-order valence-corrected chi connectivity index (χ4v) is 3.43. The van der Waals surface area contributed by atoms with E-state index in [-0.39, 0.29) is 0 Å². The van der Waals surface area contributed by atoms with Crippen molar-refractivity contribution in [3.8, 4) is 0 Å². The van der Waals surface area contributed by atoms with Crippen LogP contribution in [0, 0.1) is 5.92 Å². The van der Waals surface area contributed by atoms with Crippen LogP contribution in [0.2, 0.25) is 0 Å². The molecule has 0 bridgehead atoms. The van der Waals surface area contributed by atoms with Crippen molar-refractivity contribution in [1.82, 2.24) is 5.32 Å². The van der Waals surface area contributed by atoms with E-state index in [0.717, 1.165) is 19.8 Å². The summed E-state index contributed by atoms with van der Waals surface area (Å²) in [5.74, 6) is 0.704. The Morgan fingerprint density at radius 3 is 2.86 bits per heavy atom. The van der Waals surface area contributed by atoms with Gasteiger partial charge in [0.15, 0.2) is 0 Å². The van der Waals surface area contributed by atoms with Crippen LogP contribution in [0.1, 0.15) is 63.1 Å². The van der Waals surface area contributed by atoms with Crippen molar-refractivity contribution in [2.75, 3.05) is 19.8 Å². The molecule has 2 atom stereocenters. The average Bonchev–Trinajstić information content (AvgIpc) is 2.68. The van der Waals surface area contributed by atoms with Gasteiger partial charge in [0.25, 0.3) is 0 Å². The number of fused-ring (bicyclic) bond motifs is 1. The summed E-state index contributed by atoms with van der Waals surface area (Å²) in [6.45, 7) is 7.29. The lowest BCUT2D eigenvalue weighted by molar-refractivity contribution is 0.109. The summed E-state index contributed by atoms with van der Waals surface area (Å²) in [6.07, 6.45) is 7.42. The minimum Gasteiger partial charge on any atom is -0.381 e. The van der Waals surface area contributed by atoms with Crippen LogP contribution in [0.25, 0.3) is 0 Å². The quantitative estimate of drug-likeness (QED) is 0.562. The lowest BCUT2D eigenvalue weighted by Crippen LogP contribution is -2.29. The van der Waals surface area contributed by atoms with Crippen LogP contribution in [0.5, 0.6) is 0 Å². The maximum absolute atomic E-state index is 5.80. The predicted molar refractivity (Wildman–Crippen MR) is 89.6 cm³/mol. The van der Waals surface area contributed by atoms with Crippen LogP contribution in [0.3, 0.4) is 0 Å². The normalized spacial score (nSPS) is 21.8. The van der Waals surface area contributed by atoms with Crippen LogP contribution >= 0.6 is 0 Å². The van der Waals surface area contributed by atoms with Crippen LogP contribution in [-0.4, -0.2) is 19.8 Å². The Balaban J connectivity index is 1.98. The molecule has 0 amide bonds. The van der Waals surface area contributed by atoms with Gasteiger partial charge in [0.2, 0.25) is 0 Å². The van der Waals surface area contributed by atoms with Gasteiger partial charge in [-0.05, 0) is 55.7 Å². The average molecular weight is 289 g/mol. The molecule has 1 aliphatic carbocycles. The van der Waals surface area contributed by atoms with Crippen molar-refractivity contribution in [2.45, 2.75) is 58.4 Å². The van der Waals surface area contributed by atoms with Crippen molar-refractivity contribution < 1.29 is 4.74 Å². The predicted octanol–water partition coefficient (Wildman–Crippen LogP) is 4.50. The largest absolute Gasteiger partial charge is 0.381 e. The summed E-state index contributed by atoms with van der Waals surface area (Å²) in [6, 6.07) is 9.49. The molecule has 0 fully saturated rings. The minimum absolute atomic E-state index is 0.503. The van der Waals surface area contributed by atoms with Crippen molar-refractivity contribution in [3.63, 3.8) is 0 Å². The van der Waals surface area contributed by atoms with Gasteiger partial charge >= 0.3 is 0 Å². The maximum Gasteiger partial charge on any atom is 0.0469 e. The van der Waals surface area contributed by atoms with E-state index in [1.165, 1.54) is 49.7 Å². The minimum atomic E-state index is 0.503. The third kappa shape index (κ3) is 4.82. The van der Waals surface area contributed by atoms with Gasteiger partial charge in [-0.15, -0.1) is 0 Å². The van der Waals surface area contributed by atoms with E-state index >= 15 is 0 Å². The van der Waals surface area contributed by atoms with E-state index < -0.39 is 0 Å². The molecule has 0 heterocycles. The number of benzene rings is 1. The zero-order valence-corrected chi connectivity index (χ0v) is 13.7. The molecular formula is C19H31NO. The fraction of sp³-hybridized carbons (Fsp3) is 0.684. The van der Waals surface area contributed by atoms with Gasteiger partial charge < -0.3 is 10.1 Å². The zero-order valence-electron chi connectivity index (χ0n) is 13.7. The second kappa shape index (κ2) is 9.22. The van der Waals surface area contributed by atoms with Gasteiger partial charge in [-0.1, -0.05) is 44.5 Å². The number of nitrogens with one attached hydrogen (secondary N) is 1. The number of unbranched alkanes of at least 4 members (excludes halogenated alkanes) is 1. The van der Waals surface area contributed by atoms with Gasteiger partial charge in [-0.2, -0.15) is 0 Å². The van der Waals surface area contributed by atoms with Crippen molar-refractivity contribution in [3.05, 3.63) is 35.4 Å². The highest BCUT2D eigenvalue weighted by Gasteiger charge is 2.26. The molecule has 2 heteroatoms. The lowest BCUT2D eigenvalue weighted by Gasteiger charge is -2.27. The number of rotatable bonds is 8. The second-order valence-corrected chi connectivity index (χ2v) is 6.14. The van der Waals surface area contributed by atoms with E-state index in [1.807, 2.05) is 0 Å². The summed E-state index contributed by atoms with van der Waals surface area (Å²) < 4.78 is 5.80. The summed E-state index contributed by atoms with van der Waals surface area (Å²) in [7, 11) is 0. The molecule has 1 aromatic rings. The van der Waals surface area contributed by atoms with Crippen molar-refractivity contribution in [2.24, 2.45) is 5.92 Å². The van der Waals surface area contributed by atoms with Crippen LogP contribution in [0.4, 0.5) is 0 Å². The molecule has 0 spiro atoms. The molecule has 0 aromatic heterocycles. The van der Waals surface area contributed by atoms with Gasteiger partial charge in [0, 0.05) is 19.3 Å². The van der Waals surface area contributed by atoms with E-state index in [4.69, 9.17) is 4.74 Å². The second-order valence-electron chi connectivity index (χ2n) is 6.14. The van der Waals surface area contributed by atoms with Crippen LogP contribution in [0.15, 0.2) is 24.3 Å². The first kappa shape index (κ1) is 16.5.